The summed E-state index contributed by atoms with van der Waals surface area (Å²) in [6.07, 6.45) is 0. The maximum atomic E-state index is 12.1. The van der Waals surface area contributed by atoms with Gasteiger partial charge in [0, 0.05) is 12.2 Å². The lowest BCUT2D eigenvalue weighted by atomic mass is 10.1. The Labute approximate surface area is 158 Å². The van der Waals surface area contributed by atoms with Crippen LogP contribution in [0.1, 0.15) is 16.7 Å². The maximum absolute atomic E-state index is 12.1. The zero-order valence-electron chi connectivity index (χ0n) is 14.9. The number of hydrogen-bond donors (Lipinski definition) is 2. The first-order valence-electron chi connectivity index (χ1n) is 8.51. The number of urea groups is 1. The molecule has 2 amide bonds. The first kappa shape index (κ1) is 18.0. The van der Waals surface area contributed by atoms with Gasteiger partial charge in [-0.25, -0.2) is 4.79 Å². The average Bonchev–Trinajstić information content (AvgIpc) is 2.69. The summed E-state index contributed by atoms with van der Waals surface area (Å²) in [7, 11) is 0. The Balaban J connectivity index is 1.53. The molecule has 0 aliphatic rings. The van der Waals surface area contributed by atoms with Crippen molar-refractivity contribution in [1.82, 2.24) is 5.32 Å². The quantitative estimate of drug-likeness (QED) is 0.676. The molecule has 0 atom stereocenters. The highest BCUT2D eigenvalue weighted by molar-refractivity contribution is 5.89. The van der Waals surface area contributed by atoms with E-state index in [-0.39, 0.29) is 6.03 Å². The number of benzene rings is 3. The molecule has 0 aliphatic heterocycles. The number of nitriles is 1. The third kappa shape index (κ3) is 5.10. The lowest BCUT2D eigenvalue weighted by Crippen LogP contribution is -2.28. The van der Waals surface area contributed by atoms with Crippen molar-refractivity contribution in [2.45, 2.75) is 13.5 Å². The molecule has 0 spiro atoms. The molecule has 134 valence electrons. The van der Waals surface area contributed by atoms with Gasteiger partial charge in [0.15, 0.2) is 0 Å². The van der Waals surface area contributed by atoms with Crippen molar-refractivity contribution in [3.63, 3.8) is 0 Å². The number of carbonyl (C=O) groups is 1. The van der Waals surface area contributed by atoms with Crippen LogP contribution in [0.2, 0.25) is 0 Å². The van der Waals surface area contributed by atoms with Gasteiger partial charge in [0.25, 0.3) is 0 Å². The van der Waals surface area contributed by atoms with Gasteiger partial charge in [-0.2, -0.15) is 5.26 Å². The SMILES string of the molecule is Cc1ccccc1CNC(=O)Nc1ccc(Oc2ccc(C#N)cc2)cc1. The van der Waals surface area contributed by atoms with E-state index in [9.17, 15) is 4.79 Å². The molecule has 2 N–H and O–H groups in total. The van der Waals surface area contributed by atoms with Crippen LogP contribution in [-0.4, -0.2) is 6.03 Å². The van der Waals surface area contributed by atoms with Crippen molar-refractivity contribution >= 4 is 11.7 Å². The van der Waals surface area contributed by atoms with E-state index in [1.165, 1.54) is 0 Å². The molecule has 0 heterocycles. The summed E-state index contributed by atoms with van der Waals surface area (Å²) in [6.45, 7) is 2.49. The van der Waals surface area contributed by atoms with Crippen LogP contribution in [0.5, 0.6) is 11.5 Å². The second-order valence-corrected chi connectivity index (χ2v) is 6.00. The summed E-state index contributed by atoms with van der Waals surface area (Å²) >= 11 is 0. The van der Waals surface area contributed by atoms with Crippen LogP contribution in [0, 0.1) is 18.3 Å². The minimum absolute atomic E-state index is 0.265. The number of nitrogens with zero attached hydrogens (tertiary/aromatic N) is 1. The minimum Gasteiger partial charge on any atom is -0.457 e. The fraction of sp³-hybridized carbons (Fsp3) is 0.0909. The molecule has 5 nitrogen and oxygen atoms in total. The molecule has 3 aromatic carbocycles. The Morgan fingerprint density at radius 2 is 1.59 bits per heavy atom. The standard InChI is InChI=1S/C22H19N3O2/c1-16-4-2-3-5-18(16)15-24-22(26)25-19-8-12-21(13-9-19)27-20-10-6-17(14-23)7-11-20/h2-13H,15H2,1H3,(H2,24,25,26). The summed E-state index contributed by atoms with van der Waals surface area (Å²) in [4.78, 5) is 12.1. The number of amides is 2. The van der Waals surface area contributed by atoms with Gasteiger partial charge in [-0.3, -0.25) is 0 Å². The van der Waals surface area contributed by atoms with Gasteiger partial charge in [-0.05, 0) is 66.6 Å². The summed E-state index contributed by atoms with van der Waals surface area (Å²) in [5.74, 6) is 1.29. The van der Waals surface area contributed by atoms with Gasteiger partial charge in [-0.15, -0.1) is 0 Å². The predicted octanol–water partition coefficient (Wildman–Crippen LogP) is 4.98. The summed E-state index contributed by atoms with van der Waals surface area (Å²) in [6, 6.07) is 23.7. The molecule has 5 heteroatoms. The summed E-state index contributed by atoms with van der Waals surface area (Å²) in [5, 5.41) is 14.4. The first-order valence-corrected chi connectivity index (χ1v) is 8.51. The number of ether oxygens (including phenoxy) is 1. The summed E-state index contributed by atoms with van der Waals surface area (Å²) in [5.41, 5.74) is 3.48. The lowest BCUT2D eigenvalue weighted by molar-refractivity contribution is 0.251. The van der Waals surface area contributed by atoms with Crippen LogP contribution in [-0.2, 0) is 6.54 Å². The lowest BCUT2D eigenvalue weighted by Gasteiger charge is -2.10. The highest BCUT2D eigenvalue weighted by Crippen LogP contribution is 2.23. The molecule has 0 fully saturated rings. The zero-order chi connectivity index (χ0) is 19.1. The molecule has 0 aliphatic carbocycles. The second-order valence-electron chi connectivity index (χ2n) is 6.00. The monoisotopic (exact) mass is 357 g/mol. The number of anilines is 1. The van der Waals surface area contributed by atoms with Gasteiger partial charge in [0.05, 0.1) is 11.6 Å². The van der Waals surface area contributed by atoms with E-state index in [0.29, 0.717) is 29.3 Å². The molecular weight excluding hydrogens is 338 g/mol. The van der Waals surface area contributed by atoms with Crippen molar-refractivity contribution in [3.05, 3.63) is 89.5 Å². The van der Waals surface area contributed by atoms with Gasteiger partial charge in [-0.1, -0.05) is 24.3 Å². The largest absolute Gasteiger partial charge is 0.457 e. The van der Waals surface area contributed by atoms with Crippen LogP contribution >= 0.6 is 0 Å². The highest BCUT2D eigenvalue weighted by atomic mass is 16.5. The molecule has 0 saturated carbocycles. The van der Waals surface area contributed by atoms with Crippen LogP contribution in [0.25, 0.3) is 0 Å². The fourth-order valence-electron chi connectivity index (χ4n) is 2.50. The van der Waals surface area contributed by atoms with E-state index in [4.69, 9.17) is 10.00 Å². The molecular formula is C22H19N3O2. The van der Waals surface area contributed by atoms with E-state index in [1.54, 1.807) is 48.5 Å². The molecule has 3 aromatic rings. The van der Waals surface area contributed by atoms with Crippen molar-refractivity contribution in [1.29, 1.82) is 5.26 Å². The number of nitrogens with one attached hydrogen (secondary N) is 2. The third-order valence-electron chi connectivity index (χ3n) is 4.03. The molecule has 0 saturated heterocycles. The molecule has 0 radical (unpaired) electrons. The maximum Gasteiger partial charge on any atom is 0.319 e. The van der Waals surface area contributed by atoms with Gasteiger partial charge in [0.2, 0.25) is 0 Å². The normalized spacial score (nSPS) is 9.93. The Hall–Kier alpha value is -3.78. The number of aryl methyl sites for hydroxylation is 1. The van der Waals surface area contributed by atoms with Gasteiger partial charge >= 0.3 is 6.03 Å². The minimum atomic E-state index is -0.265. The highest BCUT2D eigenvalue weighted by Gasteiger charge is 2.04. The fourth-order valence-corrected chi connectivity index (χ4v) is 2.50. The smallest absolute Gasteiger partial charge is 0.319 e. The van der Waals surface area contributed by atoms with Crippen molar-refractivity contribution in [3.8, 4) is 17.6 Å². The predicted molar refractivity (Wildman–Crippen MR) is 105 cm³/mol. The molecule has 0 aromatic heterocycles. The topological polar surface area (TPSA) is 74.2 Å². The van der Waals surface area contributed by atoms with Crippen molar-refractivity contribution in [2.24, 2.45) is 0 Å². The molecule has 3 rings (SSSR count). The molecule has 0 unspecified atom stereocenters. The Morgan fingerprint density at radius 3 is 2.22 bits per heavy atom. The van der Waals surface area contributed by atoms with Crippen LogP contribution in [0.4, 0.5) is 10.5 Å². The Morgan fingerprint density at radius 1 is 0.963 bits per heavy atom. The Bertz CT molecular complexity index is 958. The van der Waals surface area contributed by atoms with Crippen molar-refractivity contribution in [2.75, 3.05) is 5.32 Å². The number of hydrogen-bond acceptors (Lipinski definition) is 3. The molecule has 27 heavy (non-hydrogen) atoms. The number of carbonyl (C=O) groups excluding carboxylic acids is 1. The average molecular weight is 357 g/mol. The second kappa shape index (κ2) is 8.54. The first-order chi connectivity index (χ1) is 13.1. The Kier molecular flexibility index (Phi) is 5.70. The van der Waals surface area contributed by atoms with Crippen molar-refractivity contribution < 1.29 is 9.53 Å². The van der Waals surface area contributed by atoms with E-state index >= 15 is 0 Å². The van der Waals surface area contributed by atoms with Crippen LogP contribution < -0.4 is 15.4 Å². The third-order valence-corrected chi connectivity index (χ3v) is 4.03. The number of rotatable bonds is 5. The van der Waals surface area contributed by atoms with Crippen LogP contribution in [0.3, 0.4) is 0 Å². The van der Waals surface area contributed by atoms with E-state index < -0.39 is 0 Å². The van der Waals surface area contributed by atoms with Gasteiger partial charge in [0.1, 0.15) is 11.5 Å². The van der Waals surface area contributed by atoms with E-state index in [1.807, 2.05) is 31.2 Å². The van der Waals surface area contributed by atoms with Gasteiger partial charge < -0.3 is 15.4 Å². The molecule has 0 bridgehead atoms. The van der Waals surface area contributed by atoms with E-state index in [0.717, 1.165) is 11.1 Å². The summed E-state index contributed by atoms with van der Waals surface area (Å²) < 4.78 is 5.72. The van der Waals surface area contributed by atoms with Crippen LogP contribution in [0.15, 0.2) is 72.8 Å². The van der Waals surface area contributed by atoms with E-state index in [2.05, 4.69) is 16.7 Å². The zero-order valence-corrected chi connectivity index (χ0v) is 14.9.